The summed E-state index contributed by atoms with van der Waals surface area (Å²) in [7, 11) is 1.60. The first-order valence-electron chi connectivity index (χ1n) is 7.76. The number of hydrogen-bond acceptors (Lipinski definition) is 3. The van der Waals surface area contributed by atoms with Gasteiger partial charge in [-0.3, -0.25) is 9.59 Å². The zero-order valence-electron chi connectivity index (χ0n) is 13.3. The molecule has 5 nitrogen and oxygen atoms in total. The van der Waals surface area contributed by atoms with E-state index in [2.05, 4.69) is 12.2 Å². The van der Waals surface area contributed by atoms with Crippen LogP contribution in [-0.2, 0) is 16.1 Å². The Morgan fingerprint density at radius 2 is 1.95 bits per heavy atom. The molecule has 0 bridgehead atoms. The van der Waals surface area contributed by atoms with E-state index in [1.54, 1.807) is 12.0 Å². The first kappa shape index (κ1) is 16.3. The summed E-state index contributed by atoms with van der Waals surface area (Å²) in [6.07, 6.45) is 1.96. The monoisotopic (exact) mass is 304 g/mol. The Kier molecular flexibility index (Phi) is 5.81. The number of methoxy groups -OCH3 is 1. The summed E-state index contributed by atoms with van der Waals surface area (Å²) in [5.41, 5.74) is 0.901. The van der Waals surface area contributed by atoms with Crippen molar-refractivity contribution in [3.05, 3.63) is 29.8 Å². The minimum absolute atomic E-state index is 0.0792. The van der Waals surface area contributed by atoms with Gasteiger partial charge in [-0.1, -0.05) is 25.1 Å². The van der Waals surface area contributed by atoms with Gasteiger partial charge >= 0.3 is 0 Å². The minimum atomic E-state index is -0.241. The van der Waals surface area contributed by atoms with Crippen molar-refractivity contribution in [1.82, 2.24) is 10.2 Å². The molecule has 0 aromatic heterocycles. The van der Waals surface area contributed by atoms with E-state index in [0.717, 1.165) is 37.2 Å². The normalized spacial score (nSPS) is 15.5. The quantitative estimate of drug-likeness (QED) is 0.846. The fourth-order valence-corrected chi connectivity index (χ4v) is 2.61. The van der Waals surface area contributed by atoms with Gasteiger partial charge in [0.2, 0.25) is 11.8 Å². The topological polar surface area (TPSA) is 58.6 Å². The summed E-state index contributed by atoms with van der Waals surface area (Å²) in [4.78, 5) is 25.8. The number of nitrogens with one attached hydrogen (secondary N) is 1. The average molecular weight is 304 g/mol. The van der Waals surface area contributed by atoms with Crippen LogP contribution in [-0.4, -0.2) is 36.9 Å². The highest BCUT2D eigenvalue weighted by atomic mass is 16.5. The van der Waals surface area contributed by atoms with E-state index in [9.17, 15) is 9.59 Å². The molecule has 1 aliphatic heterocycles. The summed E-state index contributed by atoms with van der Waals surface area (Å²) in [5, 5.41) is 2.79. The van der Waals surface area contributed by atoms with E-state index in [1.807, 2.05) is 24.3 Å². The molecule has 1 fully saturated rings. The van der Waals surface area contributed by atoms with Crippen molar-refractivity contribution < 1.29 is 14.3 Å². The molecule has 0 unspecified atom stereocenters. The molecule has 0 saturated carbocycles. The molecule has 1 aliphatic rings. The highest BCUT2D eigenvalue weighted by Gasteiger charge is 2.22. The third-order valence-corrected chi connectivity index (χ3v) is 4.12. The van der Waals surface area contributed by atoms with Crippen LogP contribution >= 0.6 is 0 Å². The third kappa shape index (κ3) is 4.48. The third-order valence-electron chi connectivity index (χ3n) is 4.12. The molecule has 120 valence electrons. The van der Waals surface area contributed by atoms with Crippen LogP contribution in [0.4, 0.5) is 0 Å². The fourth-order valence-electron chi connectivity index (χ4n) is 2.61. The molecule has 1 saturated heterocycles. The summed E-state index contributed by atoms with van der Waals surface area (Å²) in [5.74, 6) is 1.08. The summed E-state index contributed by atoms with van der Waals surface area (Å²) >= 11 is 0. The Bertz CT molecular complexity index is 522. The van der Waals surface area contributed by atoms with Gasteiger partial charge in [0.1, 0.15) is 12.2 Å². The molecule has 5 heteroatoms. The van der Waals surface area contributed by atoms with Crippen molar-refractivity contribution in [1.29, 1.82) is 0 Å². The second-order valence-electron chi connectivity index (χ2n) is 5.83. The summed E-state index contributed by atoms with van der Waals surface area (Å²) in [6, 6.07) is 7.52. The highest BCUT2D eigenvalue weighted by molar-refractivity contribution is 5.96. The van der Waals surface area contributed by atoms with Crippen LogP contribution in [0.5, 0.6) is 5.75 Å². The number of amides is 2. The van der Waals surface area contributed by atoms with Gasteiger partial charge < -0.3 is 15.0 Å². The predicted molar refractivity (Wildman–Crippen MR) is 84.4 cm³/mol. The van der Waals surface area contributed by atoms with Crippen molar-refractivity contribution >= 4 is 11.8 Å². The Morgan fingerprint density at radius 3 is 2.64 bits per heavy atom. The van der Waals surface area contributed by atoms with Gasteiger partial charge in [0, 0.05) is 25.2 Å². The van der Waals surface area contributed by atoms with Crippen molar-refractivity contribution in [2.45, 2.75) is 32.7 Å². The maximum Gasteiger partial charge on any atom is 0.232 e. The van der Waals surface area contributed by atoms with Crippen LogP contribution in [0.2, 0.25) is 0 Å². The van der Waals surface area contributed by atoms with Crippen LogP contribution in [0, 0.1) is 5.92 Å². The number of piperidine rings is 1. The molecule has 22 heavy (non-hydrogen) atoms. The Balaban J connectivity index is 1.79. The summed E-state index contributed by atoms with van der Waals surface area (Å²) < 4.78 is 5.24. The van der Waals surface area contributed by atoms with E-state index in [4.69, 9.17) is 4.74 Å². The first-order chi connectivity index (χ1) is 10.6. The lowest BCUT2D eigenvalue weighted by Crippen LogP contribution is -2.40. The van der Waals surface area contributed by atoms with Crippen LogP contribution in [0.25, 0.3) is 0 Å². The number of rotatable bonds is 5. The maximum atomic E-state index is 12.1. The highest BCUT2D eigenvalue weighted by Crippen LogP contribution is 2.18. The van der Waals surface area contributed by atoms with Gasteiger partial charge in [0.15, 0.2) is 0 Å². The van der Waals surface area contributed by atoms with Crippen LogP contribution < -0.4 is 10.1 Å². The SMILES string of the molecule is COc1ccccc1CNC(=O)CC(=O)N1CCC(C)CC1. The lowest BCUT2D eigenvalue weighted by molar-refractivity contribution is -0.137. The van der Waals surface area contributed by atoms with Crippen molar-refractivity contribution in [2.75, 3.05) is 20.2 Å². The molecule has 0 spiro atoms. The van der Waals surface area contributed by atoms with E-state index >= 15 is 0 Å². The number of likely N-dealkylation sites (tertiary alicyclic amines) is 1. The number of nitrogens with zero attached hydrogens (tertiary/aromatic N) is 1. The van der Waals surface area contributed by atoms with Crippen LogP contribution in [0.1, 0.15) is 31.7 Å². The minimum Gasteiger partial charge on any atom is -0.496 e. The molecule has 1 aromatic rings. The summed E-state index contributed by atoms with van der Waals surface area (Å²) in [6.45, 7) is 4.09. The number of carbonyl (C=O) groups excluding carboxylic acids is 2. The van der Waals surface area contributed by atoms with Gasteiger partial charge in [-0.15, -0.1) is 0 Å². The van der Waals surface area contributed by atoms with Gasteiger partial charge in [0.05, 0.1) is 7.11 Å². The van der Waals surface area contributed by atoms with Gasteiger partial charge in [-0.25, -0.2) is 0 Å². The van der Waals surface area contributed by atoms with Crippen molar-refractivity contribution in [2.24, 2.45) is 5.92 Å². The molecular weight excluding hydrogens is 280 g/mol. The lowest BCUT2D eigenvalue weighted by atomic mass is 9.99. The predicted octanol–water partition coefficient (Wildman–Crippen LogP) is 1.96. The van der Waals surface area contributed by atoms with E-state index < -0.39 is 0 Å². The number of para-hydroxylation sites is 1. The molecule has 2 amide bonds. The molecule has 2 rings (SSSR count). The van der Waals surface area contributed by atoms with E-state index in [-0.39, 0.29) is 18.2 Å². The molecule has 0 atom stereocenters. The Morgan fingerprint density at radius 1 is 1.27 bits per heavy atom. The first-order valence-corrected chi connectivity index (χ1v) is 7.76. The van der Waals surface area contributed by atoms with Crippen LogP contribution in [0.3, 0.4) is 0 Å². The van der Waals surface area contributed by atoms with E-state index in [0.29, 0.717) is 12.5 Å². The zero-order chi connectivity index (χ0) is 15.9. The fraction of sp³-hybridized carbons (Fsp3) is 0.529. The maximum absolute atomic E-state index is 12.1. The van der Waals surface area contributed by atoms with Gasteiger partial charge in [-0.05, 0) is 24.8 Å². The molecule has 1 N–H and O–H groups in total. The van der Waals surface area contributed by atoms with Crippen molar-refractivity contribution in [3.8, 4) is 5.75 Å². The number of hydrogen-bond donors (Lipinski definition) is 1. The van der Waals surface area contributed by atoms with Gasteiger partial charge in [-0.2, -0.15) is 0 Å². The number of benzene rings is 1. The molecule has 0 aliphatic carbocycles. The average Bonchev–Trinajstić information content (AvgIpc) is 2.53. The number of ether oxygens (including phenoxy) is 1. The van der Waals surface area contributed by atoms with Gasteiger partial charge in [0.25, 0.3) is 0 Å². The largest absolute Gasteiger partial charge is 0.496 e. The standard InChI is InChI=1S/C17H24N2O3/c1-13-7-9-19(10-8-13)17(21)11-16(20)18-12-14-5-3-4-6-15(14)22-2/h3-6,13H,7-12H2,1-2H3,(H,18,20). The molecule has 0 radical (unpaired) electrons. The molecular formula is C17H24N2O3. The zero-order valence-corrected chi connectivity index (χ0v) is 13.3. The number of carbonyl (C=O) groups is 2. The Hall–Kier alpha value is -2.04. The Labute approximate surface area is 131 Å². The smallest absolute Gasteiger partial charge is 0.232 e. The molecule has 1 aromatic carbocycles. The van der Waals surface area contributed by atoms with Crippen LogP contribution in [0.15, 0.2) is 24.3 Å². The second-order valence-corrected chi connectivity index (χ2v) is 5.83. The lowest BCUT2D eigenvalue weighted by Gasteiger charge is -2.30. The van der Waals surface area contributed by atoms with Crippen molar-refractivity contribution in [3.63, 3.8) is 0 Å². The second kappa shape index (κ2) is 7.82. The van der Waals surface area contributed by atoms with E-state index in [1.165, 1.54) is 0 Å². The molecule has 1 heterocycles.